The Morgan fingerprint density at radius 3 is 2.48 bits per heavy atom. The molecule has 154 valence electrons. The van der Waals surface area contributed by atoms with Gasteiger partial charge in [0, 0.05) is 11.6 Å². The lowest BCUT2D eigenvalue weighted by molar-refractivity contribution is -0.386. The van der Waals surface area contributed by atoms with Gasteiger partial charge in [0.05, 0.1) is 18.2 Å². The third kappa shape index (κ3) is 5.93. The first kappa shape index (κ1) is 21.7. The highest BCUT2D eigenvalue weighted by atomic mass is 16.6. The van der Waals surface area contributed by atoms with Gasteiger partial charge in [-0.05, 0) is 29.2 Å². The van der Waals surface area contributed by atoms with Crippen LogP contribution in [0, 0.1) is 10.1 Å². The van der Waals surface area contributed by atoms with Crippen LogP contribution in [0.5, 0.6) is 17.2 Å². The van der Waals surface area contributed by atoms with Gasteiger partial charge in [-0.25, -0.2) is 5.43 Å². The molecular formula is C20H23N3O6. The quantitative estimate of drug-likeness (QED) is 0.417. The first-order valence-corrected chi connectivity index (χ1v) is 8.72. The number of hydrogen-bond donors (Lipinski definition) is 2. The Bertz CT molecular complexity index is 917. The van der Waals surface area contributed by atoms with Crippen LogP contribution in [0.4, 0.5) is 5.69 Å². The van der Waals surface area contributed by atoms with Gasteiger partial charge in [-0.1, -0.05) is 32.9 Å². The number of nitrogens with zero attached hydrogens (tertiary/aromatic N) is 2. The number of phenols is 1. The molecule has 0 fully saturated rings. The van der Waals surface area contributed by atoms with Gasteiger partial charge in [0.15, 0.2) is 12.4 Å². The predicted octanol–water partition coefficient (Wildman–Crippen LogP) is 3.14. The average Bonchev–Trinajstić information content (AvgIpc) is 2.66. The third-order valence-electron chi connectivity index (χ3n) is 3.99. The number of nitro groups is 1. The van der Waals surface area contributed by atoms with E-state index in [-0.39, 0.29) is 23.3 Å². The first-order valence-electron chi connectivity index (χ1n) is 8.72. The summed E-state index contributed by atoms with van der Waals surface area (Å²) >= 11 is 0. The molecule has 0 saturated heterocycles. The number of amides is 1. The van der Waals surface area contributed by atoms with Crippen LogP contribution >= 0.6 is 0 Å². The van der Waals surface area contributed by atoms with Crippen molar-refractivity contribution >= 4 is 17.8 Å². The standard InChI is InChI=1S/C20H23N3O6/c1-20(2,3)14-5-7-15(8-6-14)29-12-18(24)22-21-11-13-9-16(23(26)27)19(25)17(10-13)28-4/h5-11,25H,12H2,1-4H3,(H,22,24)/b21-11-. The molecule has 0 aliphatic rings. The van der Waals surface area contributed by atoms with Gasteiger partial charge >= 0.3 is 5.69 Å². The maximum Gasteiger partial charge on any atom is 0.315 e. The zero-order chi connectivity index (χ0) is 21.6. The van der Waals surface area contributed by atoms with Gasteiger partial charge in [0.25, 0.3) is 5.91 Å². The van der Waals surface area contributed by atoms with Crippen molar-refractivity contribution in [2.24, 2.45) is 5.10 Å². The Morgan fingerprint density at radius 1 is 1.28 bits per heavy atom. The SMILES string of the molecule is COc1cc(/C=N\NC(=O)COc2ccc(C(C)(C)C)cc2)cc([N+](=O)[O-])c1O. The largest absolute Gasteiger partial charge is 0.500 e. The molecule has 9 heteroatoms. The van der Waals surface area contributed by atoms with Gasteiger partial charge < -0.3 is 14.6 Å². The summed E-state index contributed by atoms with van der Waals surface area (Å²) in [4.78, 5) is 22.1. The van der Waals surface area contributed by atoms with Crippen LogP contribution < -0.4 is 14.9 Å². The summed E-state index contributed by atoms with van der Waals surface area (Å²) in [6.07, 6.45) is 1.20. The van der Waals surface area contributed by atoms with Gasteiger partial charge in [-0.2, -0.15) is 5.10 Å². The molecule has 0 radical (unpaired) electrons. The number of phenolic OH excluding ortho intramolecular Hbond substituents is 1. The summed E-state index contributed by atoms with van der Waals surface area (Å²) < 4.78 is 10.3. The molecule has 0 aromatic heterocycles. The van der Waals surface area contributed by atoms with Crippen LogP contribution in [0.3, 0.4) is 0 Å². The third-order valence-corrected chi connectivity index (χ3v) is 3.99. The number of rotatable bonds is 7. The number of ether oxygens (including phenoxy) is 2. The molecule has 1 amide bonds. The topological polar surface area (TPSA) is 123 Å². The smallest absolute Gasteiger partial charge is 0.315 e. The monoisotopic (exact) mass is 401 g/mol. The van der Waals surface area contributed by atoms with E-state index in [2.05, 4.69) is 31.3 Å². The molecule has 2 aromatic carbocycles. The second-order valence-corrected chi connectivity index (χ2v) is 7.20. The molecule has 0 heterocycles. The minimum Gasteiger partial charge on any atom is -0.500 e. The second-order valence-electron chi connectivity index (χ2n) is 7.20. The van der Waals surface area contributed by atoms with Crippen LogP contribution in [0.2, 0.25) is 0 Å². The molecule has 0 unspecified atom stereocenters. The highest BCUT2D eigenvalue weighted by Crippen LogP contribution is 2.36. The number of carbonyl (C=O) groups excluding carboxylic acids is 1. The number of aromatic hydroxyl groups is 1. The summed E-state index contributed by atoms with van der Waals surface area (Å²) in [5.74, 6) is -0.601. The van der Waals surface area contributed by atoms with Crippen molar-refractivity contribution in [1.29, 1.82) is 0 Å². The molecule has 0 saturated carbocycles. The molecule has 0 aliphatic heterocycles. The predicted molar refractivity (Wildman–Crippen MR) is 108 cm³/mol. The van der Waals surface area contributed by atoms with Crippen molar-refractivity contribution in [3.63, 3.8) is 0 Å². The van der Waals surface area contributed by atoms with Crippen molar-refractivity contribution in [2.75, 3.05) is 13.7 Å². The van der Waals surface area contributed by atoms with E-state index in [9.17, 15) is 20.0 Å². The Morgan fingerprint density at radius 2 is 1.93 bits per heavy atom. The molecule has 0 bridgehead atoms. The summed E-state index contributed by atoms with van der Waals surface area (Å²) in [6, 6.07) is 9.93. The molecular weight excluding hydrogens is 378 g/mol. The molecule has 2 aromatic rings. The highest BCUT2D eigenvalue weighted by Gasteiger charge is 2.19. The van der Waals surface area contributed by atoms with Gasteiger partial charge in [-0.3, -0.25) is 14.9 Å². The van der Waals surface area contributed by atoms with E-state index < -0.39 is 22.3 Å². The average molecular weight is 401 g/mol. The molecule has 9 nitrogen and oxygen atoms in total. The number of hydrogen-bond acceptors (Lipinski definition) is 7. The fraction of sp³-hybridized carbons (Fsp3) is 0.300. The molecule has 2 N–H and O–H groups in total. The van der Waals surface area contributed by atoms with Crippen LogP contribution in [-0.4, -0.2) is 35.9 Å². The minimum absolute atomic E-state index is 0.0244. The van der Waals surface area contributed by atoms with Crippen LogP contribution in [-0.2, 0) is 10.2 Å². The minimum atomic E-state index is -0.744. The fourth-order valence-corrected chi connectivity index (χ4v) is 2.39. The number of benzene rings is 2. The second kappa shape index (κ2) is 9.05. The Kier molecular flexibility index (Phi) is 6.76. The van der Waals surface area contributed by atoms with Gasteiger partial charge in [0.1, 0.15) is 5.75 Å². The number of nitro benzene ring substituents is 1. The summed E-state index contributed by atoms with van der Waals surface area (Å²) in [7, 11) is 1.27. The number of methoxy groups -OCH3 is 1. The molecule has 0 spiro atoms. The maximum absolute atomic E-state index is 11.9. The van der Waals surface area contributed by atoms with Crippen molar-refractivity contribution in [3.8, 4) is 17.2 Å². The molecule has 2 rings (SSSR count). The zero-order valence-corrected chi connectivity index (χ0v) is 16.6. The summed E-state index contributed by atoms with van der Waals surface area (Å²) in [5, 5.41) is 24.5. The lowest BCUT2D eigenvalue weighted by Crippen LogP contribution is -2.24. The van der Waals surface area contributed by atoms with E-state index in [0.29, 0.717) is 5.75 Å². The van der Waals surface area contributed by atoms with Crippen molar-refractivity contribution < 1.29 is 24.3 Å². The maximum atomic E-state index is 11.9. The van der Waals surface area contributed by atoms with E-state index in [1.54, 1.807) is 12.1 Å². The van der Waals surface area contributed by atoms with E-state index in [1.807, 2.05) is 12.1 Å². The van der Waals surface area contributed by atoms with Crippen molar-refractivity contribution in [3.05, 3.63) is 57.6 Å². The van der Waals surface area contributed by atoms with E-state index in [0.717, 1.165) is 11.6 Å². The highest BCUT2D eigenvalue weighted by molar-refractivity contribution is 5.85. The summed E-state index contributed by atoms with van der Waals surface area (Å²) in [5.41, 5.74) is 3.19. The Hall–Kier alpha value is -3.62. The Labute approximate surface area is 168 Å². The molecule has 29 heavy (non-hydrogen) atoms. The Balaban J connectivity index is 1.94. The van der Waals surface area contributed by atoms with Crippen LogP contribution in [0.25, 0.3) is 0 Å². The van der Waals surface area contributed by atoms with Crippen LogP contribution in [0.15, 0.2) is 41.5 Å². The fourth-order valence-electron chi connectivity index (χ4n) is 2.39. The first-order chi connectivity index (χ1) is 13.6. The summed E-state index contributed by atoms with van der Waals surface area (Å²) in [6.45, 7) is 6.07. The number of carbonyl (C=O) groups is 1. The van der Waals surface area contributed by atoms with Gasteiger partial charge in [-0.15, -0.1) is 0 Å². The number of nitrogens with one attached hydrogen (secondary N) is 1. The van der Waals surface area contributed by atoms with E-state index >= 15 is 0 Å². The van der Waals surface area contributed by atoms with E-state index in [1.165, 1.54) is 19.4 Å². The zero-order valence-electron chi connectivity index (χ0n) is 16.6. The number of hydrazone groups is 1. The lowest BCUT2D eigenvalue weighted by atomic mass is 9.87. The lowest BCUT2D eigenvalue weighted by Gasteiger charge is -2.19. The van der Waals surface area contributed by atoms with Crippen molar-refractivity contribution in [1.82, 2.24) is 5.43 Å². The van der Waals surface area contributed by atoms with Crippen molar-refractivity contribution in [2.45, 2.75) is 26.2 Å². The van der Waals surface area contributed by atoms with Gasteiger partial charge in [0.2, 0.25) is 5.75 Å². The molecule has 0 aliphatic carbocycles. The van der Waals surface area contributed by atoms with Crippen LogP contribution in [0.1, 0.15) is 31.9 Å². The normalized spacial score (nSPS) is 11.3. The molecule has 0 atom stereocenters. The van der Waals surface area contributed by atoms with E-state index in [4.69, 9.17) is 9.47 Å².